The molecule has 0 aliphatic carbocycles. The van der Waals surface area contributed by atoms with E-state index in [4.69, 9.17) is 9.47 Å². The van der Waals surface area contributed by atoms with Gasteiger partial charge in [0.25, 0.3) is 5.79 Å². The largest absolute Gasteiger partial charge is 0.419 e. The van der Waals surface area contributed by atoms with Crippen LogP contribution in [0.2, 0.25) is 0 Å². The number of aryl methyl sites for hydroxylation is 1. The van der Waals surface area contributed by atoms with Crippen LogP contribution in [0.3, 0.4) is 0 Å². The van der Waals surface area contributed by atoms with Crippen LogP contribution in [0.15, 0.2) is 106 Å². The lowest BCUT2D eigenvalue weighted by Crippen LogP contribution is -2.42. The lowest BCUT2D eigenvalue weighted by Gasteiger charge is -2.41. The van der Waals surface area contributed by atoms with Gasteiger partial charge in [-0.15, -0.1) is 10.6 Å². The van der Waals surface area contributed by atoms with Crippen molar-refractivity contribution in [3.05, 3.63) is 113 Å². The Hall–Kier alpha value is -4.17. The summed E-state index contributed by atoms with van der Waals surface area (Å²) < 4.78 is 34.4. The summed E-state index contributed by atoms with van der Waals surface area (Å²) in [6.07, 6.45) is 0. The van der Waals surface area contributed by atoms with E-state index in [1.54, 1.807) is 24.3 Å². The third kappa shape index (κ3) is 4.25. The molecule has 0 atom stereocenters. The molecule has 0 aromatic heterocycles. The van der Waals surface area contributed by atoms with Crippen LogP contribution in [0.1, 0.15) is 30.5 Å². The van der Waals surface area contributed by atoms with Crippen molar-refractivity contribution < 1.29 is 28.2 Å². The minimum Gasteiger partial charge on any atom is -0.419 e. The number of rotatable bonds is 2. The summed E-state index contributed by atoms with van der Waals surface area (Å²) in [6, 6.07) is 28.0. The molecule has 6 nitrogen and oxygen atoms in total. The van der Waals surface area contributed by atoms with Crippen LogP contribution < -0.4 is 0 Å². The van der Waals surface area contributed by atoms with Crippen molar-refractivity contribution in [3.8, 4) is 22.3 Å². The summed E-state index contributed by atoms with van der Waals surface area (Å²) in [6.45, 7) is 4.98. The second-order valence-electron chi connectivity index (χ2n) is 10.1. The smallest absolute Gasteiger partial charge is 0.349 e. The number of cyclic esters (lactones) is 2. The van der Waals surface area contributed by atoms with Gasteiger partial charge in [-0.1, -0.05) is 84.4 Å². The van der Waals surface area contributed by atoms with E-state index in [2.05, 4.69) is 0 Å². The van der Waals surface area contributed by atoms with Crippen molar-refractivity contribution in [2.75, 3.05) is 0 Å². The molecule has 4 aromatic carbocycles. The maximum atomic E-state index is 13.2. The molecule has 4 aromatic rings. The highest BCUT2D eigenvalue weighted by atomic mass is 32.3. The van der Waals surface area contributed by atoms with Crippen molar-refractivity contribution >= 4 is 28.1 Å². The van der Waals surface area contributed by atoms with E-state index in [0.29, 0.717) is 11.1 Å². The van der Waals surface area contributed by atoms with Crippen LogP contribution in [0.4, 0.5) is 0 Å². The molecule has 1 saturated heterocycles. The number of hydrogen-bond donors (Lipinski definition) is 2. The molecule has 1 fully saturated rings. The second kappa shape index (κ2) is 8.95. The fourth-order valence-electron chi connectivity index (χ4n) is 5.05. The van der Waals surface area contributed by atoms with E-state index < -0.39 is 28.3 Å². The third-order valence-electron chi connectivity index (χ3n) is 6.94. The second-order valence-corrected chi connectivity index (χ2v) is 12.1. The third-order valence-corrected chi connectivity index (χ3v) is 8.84. The van der Waals surface area contributed by atoms with Gasteiger partial charge in [-0.05, 0) is 41.3 Å². The predicted molar refractivity (Wildman–Crippen MR) is 150 cm³/mol. The van der Waals surface area contributed by atoms with E-state index in [1.807, 2.05) is 73.7 Å². The van der Waals surface area contributed by atoms with E-state index >= 15 is 0 Å². The topological polar surface area (TPSA) is 93.1 Å². The minimum atomic E-state index is -3.54. The van der Waals surface area contributed by atoms with Crippen molar-refractivity contribution in [1.29, 1.82) is 0 Å². The van der Waals surface area contributed by atoms with E-state index in [-0.39, 0.29) is 20.9 Å². The number of fused-ring (bicyclic) bond motifs is 2. The Balaban J connectivity index is 1.63. The molecule has 2 aliphatic rings. The lowest BCUT2D eigenvalue weighted by molar-refractivity contribution is -0.222. The molecule has 2 N–H and O–H groups in total. The lowest BCUT2D eigenvalue weighted by atomic mass is 9.89. The van der Waals surface area contributed by atoms with Crippen LogP contribution in [-0.2, 0) is 19.1 Å². The quantitative estimate of drug-likeness (QED) is 0.156. The molecule has 2 heterocycles. The summed E-state index contributed by atoms with van der Waals surface area (Å²) in [7, 11) is -3.54. The van der Waals surface area contributed by atoms with Crippen molar-refractivity contribution in [2.45, 2.75) is 36.3 Å². The standard InChI is InChI=1S/C32H26O6S/c1-19-9-11-21(12-10-19)23-14-16-25-27(18-23)39(35,36)26-17-22(20-7-5-4-6-8-20)13-15-24(26)28(25)29-30(33)37-32(2,3)38-31(29)34/h4-18,35-36H,1-3H3. The van der Waals surface area contributed by atoms with Crippen LogP contribution in [0.25, 0.3) is 27.8 Å². The Morgan fingerprint density at radius 2 is 1.08 bits per heavy atom. The number of carbonyl (C=O) groups excluding carboxylic acids is 2. The molecular weight excluding hydrogens is 512 g/mol. The molecule has 0 amide bonds. The van der Waals surface area contributed by atoms with Gasteiger partial charge in [0.2, 0.25) is 0 Å². The normalized spacial score (nSPS) is 18.0. The Morgan fingerprint density at radius 3 is 1.59 bits per heavy atom. The number of benzene rings is 4. The zero-order valence-electron chi connectivity index (χ0n) is 21.6. The first kappa shape index (κ1) is 25.1. The Labute approximate surface area is 227 Å². The van der Waals surface area contributed by atoms with Crippen LogP contribution in [0, 0.1) is 6.92 Å². The summed E-state index contributed by atoms with van der Waals surface area (Å²) in [5.41, 5.74) is 5.16. The van der Waals surface area contributed by atoms with Gasteiger partial charge >= 0.3 is 11.9 Å². The molecule has 0 radical (unpaired) electrons. The van der Waals surface area contributed by atoms with Crippen molar-refractivity contribution in [2.24, 2.45) is 0 Å². The van der Waals surface area contributed by atoms with E-state index in [9.17, 15) is 18.7 Å². The van der Waals surface area contributed by atoms with Crippen LogP contribution >= 0.6 is 10.6 Å². The van der Waals surface area contributed by atoms with Crippen LogP contribution in [-0.4, -0.2) is 26.8 Å². The summed E-state index contributed by atoms with van der Waals surface area (Å²) in [5, 5.41) is 0. The van der Waals surface area contributed by atoms with Gasteiger partial charge in [0, 0.05) is 30.5 Å². The molecule has 0 spiro atoms. The Morgan fingerprint density at radius 1 is 0.615 bits per heavy atom. The molecule has 2 aliphatic heterocycles. The average molecular weight is 539 g/mol. The molecule has 0 unspecified atom stereocenters. The highest BCUT2D eigenvalue weighted by Gasteiger charge is 2.44. The van der Waals surface area contributed by atoms with Crippen molar-refractivity contribution in [1.82, 2.24) is 0 Å². The van der Waals surface area contributed by atoms with Crippen LogP contribution in [0.5, 0.6) is 0 Å². The predicted octanol–water partition coefficient (Wildman–Crippen LogP) is 7.45. The SMILES string of the molecule is Cc1ccc(-c2ccc3c(c2)S(O)(O)c2cc(-c4ccccc4)ccc2C3=C2C(=O)OC(C)(C)OC2=O)cc1. The maximum absolute atomic E-state index is 13.2. The average Bonchev–Trinajstić information content (AvgIpc) is 2.90. The molecular formula is C32H26O6S. The number of hydrogen-bond acceptors (Lipinski definition) is 6. The number of esters is 2. The molecule has 196 valence electrons. The summed E-state index contributed by atoms with van der Waals surface area (Å²) >= 11 is 0. The Bertz CT molecular complexity index is 1660. The first-order chi connectivity index (χ1) is 18.5. The van der Waals surface area contributed by atoms with Gasteiger partial charge in [-0.2, -0.15) is 0 Å². The minimum absolute atomic E-state index is 0.227. The van der Waals surface area contributed by atoms with E-state index in [0.717, 1.165) is 27.8 Å². The van der Waals surface area contributed by atoms with Gasteiger partial charge in [-0.3, -0.25) is 9.11 Å². The van der Waals surface area contributed by atoms with Crippen molar-refractivity contribution in [3.63, 3.8) is 0 Å². The summed E-state index contributed by atoms with van der Waals surface area (Å²) in [4.78, 5) is 26.9. The molecule has 39 heavy (non-hydrogen) atoms. The van der Waals surface area contributed by atoms with Gasteiger partial charge in [0.05, 0.1) is 9.79 Å². The monoisotopic (exact) mass is 538 g/mol. The fourth-order valence-corrected chi connectivity index (χ4v) is 6.83. The number of ether oxygens (including phenoxy) is 2. The zero-order chi connectivity index (χ0) is 27.5. The molecule has 0 bridgehead atoms. The first-order valence-corrected chi connectivity index (χ1v) is 14.0. The van der Waals surface area contributed by atoms with Gasteiger partial charge in [0.1, 0.15) is 0 Å². The fraction of sp³-hybridized carbons (Fsp3) is 0.125. The Kier molecular flexibility index (Phi) is 5.77. The molecule has 6 rings (SSSR count). The number of carbonyl (C=O) groups is 2. The van der Waals surface area contributed by atoms with E-state index in [1.165, 1.54) is 13.8 Å². The zero-order valence-corrected chi connectivity index (χ0v) is 22.4. The highest BCUT2D eigenvalue weighted by molar-refractivity contribution is 8.24. The van der Waals surface area contributed by atoms with Gasteiger partial charge in [0.15, 0.2) is 5.57 Å². The molecule has 7 heteroatoms. The molecule has 0 saturated carbocycles. The summed E-state index contributed by atoms with van der Waals surface area (Å²) in [5.74, 6) is -3.05. The first-order valence-electron chi connectivity index (χ1n) is 12.5. The van der Waals surface area contributed by atoms with Gasteiger partial charge < -0.3 is 9.47 Å². The maximum Gasteiger partial charge on any atom is 0.349 e. The highest BCUT2D eigenvalue weighted by Crippen LogP contribution is 2.65. The van der Waals surface area contributed by atoms with Gasteiger partial charge in [-0.25, -0.2) is 9.59 Å².